The van der Waals surface area contributed by atoms with Crippen molar-refractivity contribution in [1.29, 1.82) is 0 Å². The first kappa shape index (κ1) is 22.3. The van der Waals surface area contributed by atoms with Crippen molar-refractivity contribution in [2.45, 2.75) is 20.0 Å². The molecule has 28 heavy (non-hydrogen) atoms. The van der Waals surface area contributed by atoms with Gasteiger partial charge in [-0.3, -0.25) is 9.89 Å². The van der Waals surface area contributed by atoms with E-state index in [1.807, 2.05) is 19.1 Å². The smallest absolute Gasteiger partial charge is 0.194 e. The summed E-state index contributed by atoms with van der Waals surface area (Å²) in [5, 5.41) is 17.4. The van der Waals surface area contributed by atoms with Crippen LogP contribution in [-0.4, -0.2) is 66.4 Å². The number of phenolic OH excluding ortho intramolecular Hbond substituents is 1. The highest BCUT2D eigenvalue weighted by Crippen LogP contribution is 2.22. The first-order valence-corrected chi connectivity index (χ1v) is 9.05. The fourth-order valence-corrected chi connectivity index (χ4v) is 3.18. The monoisotopic (exact) mass is 501 g/mol. The average Bonchev–Trinajstić information content (AvgIpc) is 3.09. The molecule has 9 heteroatoms. The molecule has 1 aromatic carbocycles. The van der Waals surface area contributed by atoms with Gasteiger partial charge in [-0.1, -0.05) is 5.16 Å². The second-order valence-corrected chi connectivity index (χ2v) is 6.59. The molecule has 0 aliphatic carbocycles. The molecule has 1 aromatic heterocycles. The maximum Gasteiger partial charge on any atom is 0.194 e. The summed E-state index contributed by atoms with van der Waals surface area (Å²) in [4.78, 5) is 8.96. The van der Waals surface area contributed by atoms with E-state index in [2.05, 4.69) is 25.3 Å². The maximum atomic E-state index is 10.0. The first-order chi connectivity index (χ1) is 13.1. The number of aryl methyl sites for hydroxylation is 1. The second-order valence-electron chi connectivity index (χ2n) is 6.59. The number of rotatable bonds is 5. The van der Waals surface area contributed by atoms with Gasteiger partial charge in [0.1, 0.15) is 17.3 Å². The van der Waals surface area contributed by atoms with Crippen molar-refractivity contribution < 1.29 is 14.4 Å². The van der Waals surface area contributed by atoms with E-state index in [1.165, 1.54) is 0 Å². The van der Waals surface area contributed by atoms with E-state index in [1.54, 1.807) is 26.3 Å². The third kappa shape index (κ3) is 5.74. The molecular formula is C19H28IN5O3. The second kappa shape index (κ2) is 10.5. The van der Waals surface area contributed by atoms with E-state index in [9.17, 15) is 5.11 Å². The predicted octanol–water partition coefficient (Wildman–Crippen LogP) is 2.21. The number of ether oxygens (including phenoxy) is 1. The summed E-state index contributed by atoms with van der Waals surface area (Å²) in [6.45, 7) is 6.79. The minimum atomic E-state index is 0. The molecule has 1 aliphatic heterocycles. The molecule has 3 rings (SSSR count). The van der Waals surface area contributed by atoms with Gasteiger partial charge in [0.25, 0.3) is 0 Å². The van der Waals surface area contributed by atoms with E-state index in [-0.39, 0.29) is 29.7 Å². The summed E-state index contributed by atoms with van der Waals surface area (Å²) in [7, 11) is 3.39. The number of phenols is 1. The van der Waals surface area contributed by atoms with Crippen LogP contribution in [0.25, 0.3) is 0 Å². The summed E-state index contributed by atoms with van der Waals surface area (Å²) in [6.07, 6.45) is 0. The van der Waals surface area contributed by atoms with Crippen LogP contribution >= 0.6 is 24.0 Å². The van der Waals surface area contributed by atoms with Crippen LogP contribution in [-0.2, 0) is 13.1 Å². The van der Waals surface area contributed by atoms with Crippen LogP contribution < -0.4 is 10.1 Å². The number of aliphatic imine (C=N–C) groups is 1. The lowest BCUT2D eigenvalue weighted by Crippen LogP contribution is -2.52. The van der Waals surface area contributed by atoms with Crippen LogP contribution in [0.2, 0.25) is 0 Å². The highest BCUT2D eigenvalue weighted by atomic mass is 127. The van der Waals surface area contributed by atoms with E-state index < -0.39 is 0 Å². The zero-order valence-electron chi connectivity index (χ0n) is 16.5. The summed E-state index contributed by atoms with van der Waals surface area (Å²) in [6, 6.07) is 7.19. The van der Waals surface area contributed by atoms with Gasteiger partial charge >= 0.3 is 0 Å². The Morgan fingerprint density at radius 1 is 1.29 bits per heavy atom. The normalized spacial score (nSPS) is 15.2. The molecule has 2 heterocycles. The number of nitrogens with zero attached hydrogens (tertiary/aromatic N) is 4. The molecule has 1 aliphatic rings. The molecule has 0 atom stereocenters. The van der Waals surface area contributed by atoms with Gasteiger partial charge in [0.2, 0.25) is 0 Å². The number of benzene rings is 1. The van der Waals surface area contributed by atoms with Crippen molar-refractivity contribution in [2.75, 3.05) is 40.3 Å². The highest BCUT2D eigenvalue weighted by Gasteiger charge is 2.20. The molecule has 1 saturated heterocycles. The lowest BCUT2D eigenvalue weighted by molar-refractivity contribution is 0.169. The fourth-order valence-electron chi connectivity index (χ4n) is 3.18. The number of guanidine groups is 1. The van der Waals surface area contributed by atoms with Crippen LogP contribution in [0, 0.1) is 6.92 Å². The molecule has 0 amide bonds. The third-order valence-corrected chi connectivity index (χ3v) is 4.67. The minimum absolute atomic E-state index is 0. The summed E-state index contributed by atoms with van der Waals surface area (Å²) in [5.74, 6) is 2.63. The maximum absolute atomic E-state index is 10.0. The Kier molecular flexibility index (Phi) is 8.36. The quantitative estimate of drug-likeness (QED) is 0.369. The molecule has 0 unspecified atom stereocenters. The number of piperazine rings is 1. The number of halogens is 1. The van der Waals surface area contributed by atoms with Crippen LogP contribution in [0.15, 0.2) is 33.8 Å². The van der Waals surface area contributed by atoms with Crippen molar-refractivity contribution in [3.63, 3.8) is 0 Å². The zero-order valence-corrected chi connectivity index (χ0v) is 18.8. The summed E-state index contributed by atoms with van der Waals surface area (Å²) >= 11 is 0. The number of aromatic nitrogens is 1. The van der Waals surface area contributed by atoms with Gasteiger partial charge in [0, 0.05) is 57.9 Å². The molecule has 1 fully saturated rings. The van der Waals surface area contributed by atoms with E-state index in [4.69, 9.17) is 9.26 Å². The van der Waals surface area contributed by atoms with Crippen LogP contribution in [0.3, 0.4) is 0 Å². The number of nitrogens with one attached hydrogen (secondary N) is 1. The molecule has 0 saturated carbocycles. The van der Waals surface area contributed by atoms with Crippen LogP contribution in [0.4, 0.5) is 0 Å². The molecular weight excluding hydrogens is 473 g/mol. The number of hydrogen-bond donors (Lipinski definition) is 2. The number of methoxy groups -OCH3 is 1. The number of hydrogen-bond acceptors (Lipinski definition) is 6. The lowest BCUT2D eigenvalue weighted by Gasteiger charge is -2.36. The lowest BCUT2D eigenvalue weighted by atomic mass is 10.2. The van der Waals surface area contributed by atoms with Crippen molar-refractivity contribution >= 4 is 29.9 Å². The largest absolute Gasteiger partial charge is 0.508 e. The molecule has 0 bridgehead atoms. The Morgan fingerprint density at radius 2 is 2.04 bits per heavy atom. The Labute approximate surface area is 182 Å². The molecule has 0 radical (unpaired) electrons. The highest BCUT2D eigenvalue weighted by molar-refractivity contribution is 14.0. The fraction of sp³-hybridized carbons (Fsp3) is 0.474. The Balaban J connectivity index is 0.00000280. The summed E-state index contributed by atoms with van der Waals surface area (Å²) < 4.78 is 10.4. The molecule has 154 valence electrons. The van der Waals surface area contributed by atoms with Crippen LogP contribution in [0.1, 0.15) is 17.0 Å². The van der Waals surface area contributed by atoms with Crippen molar-refractivity contribution in [2.24, 2.45) is 4.99 Å². The predicted molar refractivity (Wildman–Crippen MR) is 118 cm³/mol. The van der Waals surface area contributed by atoms with Gasteiger partial charge in [-0.2, -0.15) is 0 Å². The topological polar surface area (TPSA) is 86.4 Å². The van der Waals surface area contributed by atoms with Gasteiger partial charge in [-0.15, -0.1) is 24.0 Å². The molecule has 2 aromatic rings. The SMILES string of the molecule is CN=C(NCc1cc(OC)ccc1O)N1CCN(Cc2cc(C)on2)CC1.I. The third-order valence-electron chi connectivity index (χ3n) is 4.67. The first-order valence-electron chi connectivity index (χ1n) is 9.05. The van der Waals surface area contributed by atoms with Gasteiger partial charge in [-0.05, 0) is 25.1 Å². The zero-order chi connectivity index (χ0) is 19.2. The Morgan fingerprint density at radius 3 is 2.64 bits per heavy atom. The molecule has 2 N–H and O–H groups in total. The van der Waals surface area contributed by atoms with Gasteiger partial charge < -0.3 is 24.6 Å². The number of aromatic hydroxyl groups is 1. The Hall–Kier alpha value is -2.01. The van der Waals surface area contributed by atoms with Gasteiger partial charge in [0.15, 0.2) is 5.96 Å². The Bertz CT molecular complexity index is 788. The molecule has 8 nitrogen and oxygen atoms in total. The van der Waals surface area contributed by atoms with Gasteiger partial charge in [-0.25, -0.2) is 0 Å². The van der Waals surface area contributed by atoms with Crippen molar-refractivity contribution in [3.8, 4) is 11.5 Å². The minimum Gasteiger partial charge on any atom is -0.508 e. The summed E-state index contributed by atoms with van der Waals surface area (Å²) in [5.41, 5.74) is 1.74. The van der Waals surface area contributed by atoms with E-state index in [0.29, 0.717) is 6.54 Å². The average molecular weight is 501 g/mol. The molecule has 0 spiro atoms. The van der Waals surface area contributed by atoms with E-state index >= 15 is 0 Å². The van der Waals surface area contributed by atoms with Crippen molar-refractivity contribution in [1.82, 2.24) is 20.3 Å². The van der Waals surface area contributed by atoms with Crippen molar-refractivity contribution in [3.05, 3.63) is 41.3 Å². The van der Waals surface area contributed by atoms with Crippen LogP contribution in [0.5, 0.6) is 11.5 Å². The van der Waals surface area contributed by atoms with Gasteiger partial charge in [0.05, 0.1) is 12.8 Å². The standard InChI is InChI=1S/C19H27N5O3.HI/c1-14-10-16(22-27-14)13-23-6-8-24(9-7-23)19(20-2)21-12-15-11-17(26-3)4-5-18(15)25;/h4-5,10-11,25H,6-9,12-13H2,1-3H3,(H,20,21);1H. The van der Waals surface area contributed by atoms with E-state index in [0.717, 1.165) is 61.5 Å².